The second-order valence-corrected chi connectivity index (χ2v) is 24.5. The Labute approximate surface area is 413 Å². The molecule has 0 spiro atoms. The van der Waals surface area contributed by atoms with E-state index < -0.39 is 34.7 Å². The van der Waals surface area contributed by atoms with Gasteiger partial charge in [0.25, 0.3) is 0 Å². The van der Waals surface area contributed by atoms with E-state index in [1.165, 1.54) is 38.5 Å². The van der Waals surface area contributed by atoms with E-state index in [-0.39, 0.29) is 36.8 Å². The smallest absolute Gasteiger partial charge is 0.310 e. The highest BCUT2D eigenvalue weighted by atomic mass is 16.7. The van der Waals surface area contributed by atoms with E-state index in [0.29, 0.717) is 116 Å². The summed E-state index contributed by atoms with van der Waals surface area (Å²) in [7, 11) is 0. The molecule has 4 N–H and O–H groups in total. The van der Waals surface area contributed by atoms with Gasteiger partial charge in [-0.2, -0.15) is 0 Å². The lowest BCUT2D eigenvalue weighted by Gasteiger charge is -2.47. The second-order valence-electron chi connectivity index (χ2n) is 24.5. The monoisotopic (exact) mass is 987 g/mol. The summed E-state index contributed by atoms with van der Waals surface area (Å²) in [4.78, 5) is 45.1. The molecule has 20 atom stereocenters. The number of carbonyl (C=O) groups is 4. The highest BCUT2D eigenvalue weighted by molar-refractivity contribution is 5.79. The molecule has 394 valence electrons. The van der Waals surface area contributed by atoms with E-state index in [2.05, 4.69) is 13.8 Å². The third-order valence-corrected chi connectivity index (χ3v) is 19.6. The number of rotatable bonds is 17. The second kappa shape index (κ2) is 21.1. The first-order chi connectivity index (χ1) is 33.5. The SMILES string of the molecule is CC(OCC1CCC2OC2C1)OCC1CCC2OC2C1.CC1CC2OC2CC1CC(CCC(=O)O)(CC1CC2OC2CC1C)C1(C(=O)O)CC1.O=C(O)C1CCC2OC2C1.O=C(O)C1CCC2OC2C1. The molecule has 0 aromatic rings. The molecule has 6 heterocycles. The zero-order chi connectivity index (χ0) is 49.1. The van der Waals surface area contributed by atoms with Crippen molar-refractivity contribution in [3.05, 3.63) is 0 Å². The van der Waals surface area contributed by atoms with Crippen LogP contribution in [0.25, 0.3) is 0 Å². The average Bonchev–Trinajstić information content (AvgIpc) is 4.10. The normalized spacial score (nSPS) is 45.4. The number of hydrogen-bond acceptors (Lipinski definition) is 12. The molecule has 70 heavy (non-hydrogen) atoms. The van der Waals surface area contributed by atoms with Crippen LogP contribution in [0.1, 0.15) is 162 Å². The van der Waals surface area contributed by atoms with Gasteiger partial charge in [-0.15, -0.1) is 0 Å². The van der Waals surface area contributed by atoms with Crippen molar-refractivity contribution in [2.45, 2.75) is 242 Å². The maximum Gasteiger partial charge on any atom is 0.310 e. The molecule has 0 radical (unpaired) electrons. The van der Waals surface area contributed by atoms with Crippen LogP contribution in [0.4, 0.5) is 0 Å². The lowest BCUT2D eigenvalue weighted by Crippen LogP contribution is -2.44. The fourth-order valence-corrected chi connectivity index (χ4v) is 14.4. The fourth-order valence-electron chi connectivity index (χ4n) is 14.4. The lowest BCUT2D eigenvalue weighted by atomic mass is 9.56. The number of epoxide rings is 6. The molecule has 13 rings (SSSR count). The van der Waals surface area contributed by atoms with Crippen molar-refractivity contribution in [1.82, 2.24) is 0 Å². The Bertz CT molecular complexity index is 1770. The average molecular weight is 987 g/mol. The molecule has 0 aromatic heterocycles. The Morgan fingerprint density at radius 2 is 0.886 bits per heavy atom. The number of aliphatic carboxylic acids is 4. The van der Waals surface area contributed by atoms with Crippen LogP contribution in [0.5, 0.6) is 0 Å². The molecule has 6 aliphatic heterocycles. The number of ether oxygens (including phenoxy) is 8. The molecule has 20 unspecified atom stereocenters. The number of hydrogen-bond donors (Lipinski definition) is 4. The van der Waals surface area contributed by atoms with Crippen molar-refractivity contribution >= 4 is 23.9 Å². The van der Waals surface area contributed by atoms with Gasteiger partial charge in [-0.1, -0.05) is 13.8 Å². The van der Waals surface area contributed by atoms with E-state index >= 15 is 0 Å². The molecule has 13 aliphatic rings. The summed E-state index contributed by atoms with van der Waals surface area (Å²) in [5.74, 6) is 0.0676. The number of carboxylic acid groups (broad SMARTS) is 4. The molecule has 0 bridgehead atoms. The van der Waals surface area contributed by atoms with Gasteiger partial charge in [0.1, 0.15) is 0 Å². The van der Waals surface area contributed by atoms with Crippen LogP contribution in [0.15, 0.2) is 0 Å². The standard InChI is InChI=1S/C24H36O6.C16H26O4.2C7H10O3/c1-13-7-17-19(29-17)9-15(13)11-23(4-3-21(25)26,24(5-6-24)22(27)28)12-16-10-20-18(30-20)8-14(16)2;1-10(17-8-11-2-4-13-15(6-11)19-13)18-9-12-3-5-14-16(7-12)20-14;2*8-7(9)4-1-2-5-6(3-4)10-5/h13-20H,3-12H2,1-2H3,(H,25,26)(H,27,28);10-16H,2-9H2,1H3;2*4-6H,1-3H2,(H,8,9). The van der Waals surface area contributed by atoms with Crippen molar-refractivity contribution in [2.24, 2.45) is 58.2 Å². The van der Waals surface area contributed by atoms with Crippen LogP contribution < -0.4 is 0 Å². The summed E-state index contributed by atoms with van der Waals surface area (Å²) in [5.41, 5.74) is -1.19. The van der Waals surface area contributed by atoms with Gasteiger partial charge in [0.05, 0.1) is 104 Å². The maximum atomic E-state index is 12.6. The van der Waals surface area contributed by atoms with Gasteiger partial charge in [0, 0.05) is 6.42 Å². The Balaban J connectivity index is 0.000000120. The number of carboxylic acids is 4. The molecule has 0 amide bonds. The minimum Gasteiger partial charge on any atom is -0.481 e. The zero-order valence-corrected chi connectivity index (χ0v) is 41.8. The third-order valence-electron chi connectivity index (χ3n) is 19.6. The Morgan fingerprint density at radius 1 is 0.514 bits per heavy atom. The van der Waals surface area contributed by atoms with E-state index in [1.807, 2.05) is 6.92 Å². The molecular formula is C54H82O16. The first-order valence-corrected chi connectivity index (χ1v) is 27.6. The van der Waals surface area contributed by atoms with Crippen molar-refractivity contribution in [3.8, 4) is 0 Å². The first kappa shape index (κ1) is 51.1. The Hall–Kier alpha value is -2.44. The molecule has 16 nitrogen and oxygen atoms in total. The quantitative estimate of drug-likeness (QED) is 0.0800. The van der Waals surface area contributed by atoms with Crippen LogP contribution in [0.2, 0.25) is 0 Å². The van der Waals surface area contributed by atoms with Crippen molar-refractivity contribution < 1.29 is 77.5 Å². The molecule has 16 heteroatoms. The summed E-state index contributed by atoms with van der Waals surface area (Å²) < 4.78 is 44.8. The summed E-state index contributed by atoms with van der Waals surface area (Å²) in [6, 6.07) is 0. The van der Waals surface area contributed by atoms with Crippen molar-refractivity contribution in [3.63, 3.8) is 0 Å². The Morgan fingerprint density at radius 3 is 1.24 bits per heavy atom. The Kier molecular flexibility index (Phi) is 15.4. The lowest BCUT2D eigenvalue weighted by molar-refractivity contribution is -0.154. The molecule has 0 aromatic carbocycles. The summed E-state index contributed by atoms with van der Waals surface area (Å²) in [6.07, 6.45) is 25.0. The predicted octanol–water partition coefficient (Wildman–Crippen LogP) is 7.89. The van der Waals surface area contributed by atoms with Crippen LogP contribution in [-0.2, 0) is 57.1 Å². The molecule has 13 fully saturated rings. The van der Waals surface area contributed by atoms with Crippen molar-refractivity contribution in [1.29, 1.82) is 0 Å². The largest absolute Gasteiger partial charge is 0.481 e. The molecule has 7 aliphatic carbocycles. The van der Waals surface area contributed by atoms with E-state index in [4.69, 9.17) is 48.1 Å². The van der Waals surface area contributed by atoms with Gasteiger partial charge in [-0.3, -0.25) is 19.2 Å². The summed E-state index contributed by atoms with van der Waals surface area (Å²) >= 11 is 0. The van der Waals surface area contributed by atoms with Crippen molar-refractivity contribution in [2.75, 3.05) is 13.2 Å². The van der Waals surface area contributed by atoms with Crippen LogP contribution in [-0.4, -0.2) is 137 Å². The summed E-state index contributed by atoms with van der Waals surface area (Å²) in [5, 5.41) is 37.1. The van der Waals surface area contributed by atoms with Gasteiger partial charge in [-0.25, -0.2) is 0 Å². The van der Waals surface area contributed by atoms with Gasteiger partial charge >= 0.3 is 23.9 Å². The van der Waals surface area contributed by atoms with Gasteiger partial charge in [0.15, 0.2) is 6.29 Å². The molecular weight excluding hydrogens is 905 g/mol. The van der Waals surface area contributed by atoms with Crippen LogP contribution in [0, 0.1) is 58.2 Å². The highest BCUT2D eigenvalue weighted by Crippen LogP contribution is 2.68. The van der Waals surface area contributed by atoms with Gasteiger partial charge in [0.2, 0.25) is 0 Å². The van der Waals surface area contributed by atoms with Gasteiger partial charge < -0.3 is 58.3 Å². The van der Waals surface area contributed by atoms with Gasteiger partial charge in [-0.05, 0) is 183 Å². The third kappa shape index (κ3) is 12.5. The van der Waals surface area contributed by atoms with E-state index in [9.17, 15) is 29.4 Å². The minimum atomic E-state index is -0.815. The van der Waals surface area contributed by atoms with Crippen LogP contribution >= 0.6 is 0 Å². The topological polar surface area (TPSA) is 243 Å². The maximum absolute atomic E-state index is 12.6. The fraction of sp³-hybridized carbons (Fsp3) is 0.926. The number of fused-ring (bicyclic) bond motifs is 6. The predicted molar refractivity (Wildman–Crippen MR) is 250 cm³/mol. The first-order valence-electron chi connectivity index (χ1n) is 27.6. The van der Waals surface area contributed by atoms with Crippen LogP contribution in [0.3, 0.4) is 0 Å². The minimum absolute atomic E-state index is 0.0579. The molecule has 7 saturated carbocycles. The molecule has 6 saturated heterocycles. The highest BCUT2D eigenvalue weighted by Gasteiger charge is 2.66. The zero-order valence-electron chi connectivity index (χ0n) is 41.8. The van der Waals surface area contributed by atoms with E-state index in [0.717, 1.165) is 90.3 Å². The summed E-state index contributed by atoms with van der Waals surface area (Å²) in [6.45, 7) is 8.23. The van der Waals surface area contributed by atoms with E-state index in [1.54, 1.807) is 0 Å².